The minimum Gasteiger partial charge on any atom is -0.382 e. The molecule has 1 atom stereocenters. The van der Waals surface area contributed by atoms with Crippen LogP contribution in [0.2, 0.25) is 0 Å². The van der Waals surface area contributed by atoms with Gasteiger partial charge in [0.25, 0.3) is 5.56 Å². The van der Waals surface area contributed by atoms with Crippen molar-refractivity contribution >= 4 is 5.82 Å². The molecule has 0 bridgehead atoms. The lowest BCUT2D eigenvalue weighted by atomic mass is 10.1. The number of hydrogen-bond donors (Lipinski definition) is 2. The van der Waals surface area contributed by atoms with Crippen LogP contribution in [-0.2, 0) is 5.54 Å². The van der Waals surface area contributed by atoms with Gasteiger partial charge in [0.2, 0.25) is 0 Å². The highest BCUT2D eigenvalue weighted by atomic mass is 19.4. The molecule has 0 aliphatic rings. The van der Waals surface area contributed by atoms with Crippen LogP contribution in [0.5, 0.6) is 0 Å². The number of alkyl halides is 3. The zero-order valence-corrected chi connectivity index (χ0v) is 10.8. The minimum atomic E-state index is -4.73. The number of nitrogens with one attached hydrogen (secondary N) is 1. The second-order valence-electron chi connectivity index (χ2n) is 5.06. The summed E-state index contributed by atoms with van der Waals surface area (Å²) in [5.74, 6) is -0.222. The maximum Gasteiger partial charge on any atom is 0.416 e. The molecular formula is C11H16F3N3O2. The van der Waals surface area contributed by atoms with Gasteiger partial charge in [0.1, 0.15) is 0 Å². The van der Waals surface area contributed by atoms with E-state index in [0.717, 1.165) is 0 Å². The van der Waals surface area contributed by atoms with Gasteiger partial charge >= 0.3 is 6.18 Å². The minimum absolute atomic E-state index is 0.222. The molecule has 5 nitrogen and oxygen atoms in total. The van der Waals surface area contributed by atoms with Crippen molar-refractivity contribution in [3.63, 3.8) is 0 Å². The van der Waals surface area contributed by atoms with E-state index in [9.17, 15) is 18.0 Å². The summed E-state index contributed by atoms with van der Waals surface area (Å²) in [4.78, 5) is 15.6. The maximum atomic E-state index is 12.1. The number of halogens is 3. The highest BCUT2D eigenvalue weighted by Crippen LogP contribution is 2.19. The Morgan fingerprint density at radius 3 is 2.47 bits per heavy atom. The average Bonchev–Trinajstić information content (AvgIpc) is 2.24. The summed E-state index contributed by atoms with van der Waals surface area (Å²) in [6.45, 7) is 4.52. The quantitative estimate of drug-likeness (QED) is 0.876. The van der Waals surface area contributed by atoms with Crippen molar-refractivity contribution in [1.82, 2.24) is 9.55 Å². The van der Waals surface area contributed by atoms with Gasteiger partial charge in [-0.1, -0.05) is 0 Å². The molecule has 1 rings (SSSR count). The van der Waals surface area contributed by atoms with Gasteiger partial charge in [0, 0.05) is 17.9 Å². The van der Waals surface area contributed by atoms with Crippen molar-refractivity contribution in [2.24, 2.45) is 0 Å². The van der Waals surface area contributed by atoms with Gasteiger partial charge in [-0.15, -0.1) is 0 Å². The normalized spacial score (nSPS) is 14.3. The predicted molar refractivity (Wildman–Crippen MR) is 64.0 cm³/mol. The summed E-state index contributed by atoms with van der Waals surface area (Å²) in [5.41, 5.74) is -1.05. The van der Waals surface area contributed by atoms with Crippen LogP contribution in [0.3, 0.4) is 0 Å². The first-order valence-electron chi connectivity index (χ1n) is 5.60. The summed E-state index contributed by atoms with van der Waals surface area (Å²) < 4.78 is 37.7. The van der Waals surface area contributed by atoms with Crippen LogP contribution in [0, 0.1) is 0 Å². The van der Waals surface area contributed by atoms with Gasteiger partial charge in [-0.05, 0) is 20.8 Å². The fourth-order valence-corrected chi connectivity index (χ4v) is 1.37. The average molecular weight is 279 g/mol. The van der Waals surface area contributed by atoms with Crippen LogP contribution in [0.4, 0.5) is 19.0 Å². The van der Waals surface area contributed by atoms with Crippen LogP contribution in [-0.4, -0.2) is 33.5 Å². The Kier molecular flexibility index (Phi) is 4.24. The molecule has 0 saturated heterocycles. The van der Waals surface area contributed by atoms with Crippen LogP contribution in [0.1, 0.15) is 20.8 Å². The highest BCUT2D eigenvalue weighted by molar-refractivity contribution is 5.31. The summed E-state index contributed by atoms with van der Waals surface area (Å²) in [6.07, 6.45) is -4.51. The molecule has 0 radical (unpaired) electrons. The molecule has 0 fully saturated rings. The predicted octanol–water partition coefficient (Wildman–Crippen LogP) is 1.33. The molecule has 2 N–H and O–H groups in total. The van der Waals surface area contributed by atoms with Crippen molar-refractivity contribution in [3.8, 4) is 0 Å². The zero-order chi connectivity index (χ0) is 14.8. The first-order chi connectivity index (χ1) is 8.53. The molecule has 1 aromatic rings. The Bertz CT molecular complexity index is 491. The molecule has 0 amide bonds. The van der Waals surface area contributed by atoms with Gasteiger partial charge in [-0.3, -0.25) is 4.79 Å². The zero-order valence-electron chi connectivity index (χ0n) is 10.8. The lowest BCUT2D eigenvalue weighted by Crippen LogP contribution is -2.39. The molecule has 1 heterocycles. The molecule has 0 saturated carbocycles. The smallest absolute Gasteiger partial charge is 0.382 e. The van der Waals surface area contributed by atoms with Gasteiger partial charge in [-0.25, -0.2) is 4.98 Å². The van der Waals surface area contributed by atoms with Crippen LogP contribution in [0.25, 0.3) is 0 Å². The molecule has 0 aliphatic carbocycles. The van der Waals surface area contributed by atoms with E-state index < -0.39 is 29.9 Å². The van der Waals surface area contributed by atoms with Crippen LogP contribution < -0.4 is 10.9 Å². The lowest BCUT2D eigenvalue weighted by Gasteiger charge is -2.23. The molecule has 108 valence electrons. The number of rotatable bonds is 3. The molecule has 8 heteroatoms. The van der Waals surface area contributed by atoms with Crippen molar-refractivity contribution < 1.29 is 18.3 Å². The fourth-order valence-electron chi connectivity index (χ4n) is 1.37. The Morgan fingerprint density at radius 2 is 2.00 bits per heavy atom. The molecule has 1 aromatic heterocycles. The molecular weight excluding hydrogens is 263 g/mol. The van der Waals surface area contributed by atoms with Crippen molar-refractivity contribution in [2.45, 2.75) is 38.6 Å². The SMILES string of the molecule is CC(C)(C)n1ccnc(NCC(O)C(F)(F)F)c1=O. The number of aliphatic hydroxyl groups excluding tert-OH is 1. The Balaban J connectivity index is 2.90. The van der Waals surface area contributed by atoms with Crippen molar-refractivity contribution in [3.05, 3.63) is 22.7 Å². The molecule has 19 heavy (non-hydrogen) atoms. The fraction of sp³-hybridized carbons (Fsp3) is 0.636. The summed E-state index contributed by atoms with van der Waals surface area (Å²) in [5, 5.41) is 11.1. The number of hydrogen-bond acceptors (Lipinski definition) is 4. The number of aromatic nitrogens is 2. The third-order valence-electron chi connectivity index (χ3n) is 2.40. The lowest BCUT2D eigenvalue weighted by molar-refractivity contribution is -0.198. The van der Waals surface area contributed by atoms with E-state index in [0.29, 0.717) is 0 Å². The second-order valence-corrected chi connectivity index (χ2v) is 5.06. The van der Waals surface area contributed by atoms with Crippen molar-refractivity contribution in [2.75, 3.05) is 11.9 Å². The topological polar surface area (TPSA) is 67.2 Å². The number of anilines is 1. The van der Waals surface area contributed by atoms with E-state index in [2.05, 4.69) is 10.3 Å². The maximum absolute atomic E-state index is 12.1. The van der Waals surface area contributed by atoms with E-state index in [4.69, 9.17) is 5.11 Å². The van der Waals surface area contributed by atoms with E-state index in [1.807, 2.05) is 0 Å². The Morgan fingerprint density at radius 1 is 1.42 bits per heavy atom. The van der Waals surface area contributed by atoms with E-state index >= 15 is 0 Å². The standard InChI is InChI=1S/C11H16F3N3O2/c1-10(2,3)17-5-4-15-8(9(17)19)16-6-7(18)11(12,13)14/h4-5,7,18H,6H2,1-3H3,(H,15,16). The Labute approximate surface area is 108 Å². The third-order valence-corrected chi connectivity index (χ3v) is 2.40. The molecule has 0 aliphatic heterocycles. The second kappa shape index (κ2) is 5.20. The largest absolute Gasteiger partial charge is 0.416 e. The molecule has 1 unspecified atom stereocenters. The van der Waals surface area contributed by atoms with Gasteiger partial charge in [-0.2, -0.15) is 13.2 Å². The molecule has 0 spiro atoms. The van der Waals surface area contributed by atoms with Crippen LogP contribution in [0.15, 0.2) is 17.2 Å². The number of aliphatic hydroxyl groups is 1. The first kappa shape index (κ1) is 15.5. The summed E-state index contributed by atoms with van der Waals surface area (Å²) in [7, 11) is 0. The van der Waals surface area contributed by atoms with Gasteiger partial charge in [0.05, 0.1) is 6.54 Å². The van der Waals surface area contributed by atoms with Gasteiger partial charge < -0.3 is 15.0 Å². The van der Waals surface area contributed by atoms with Crippen LogP contribution >= 0.6 is 0 Å². The van der Waals surface area contributed by atoms with E-state index in [1.165, 1.54) is 17.0 Å². The van der Waals surface area contributed by atoms with Gasteiger partial charge in [0.15, 0.2) is 11.9 Å². The monoisotopic (exact) mass is 279 g/mol. The Hall–Kier alpha value is -1.57. The molecule has 0 aromatic carbocycles. The third kappa shape index (κ3) is 3.95. The summed E-state index contributed by atoms with van der Waals surface area (Å²) in [6, 6.07) is 0. The highest BCUT2D eigenvalue weighted by Gasteiger charge is 2.38. The van der Waals surface area contributed by atoms with E-state index in [1.54, 1.807) is 20.8 Å². The number of nitrogens with zero attached hydrogens (tertiary/aromatic N) is 2. The summed E-state index contributed by atoms with van der Waals surface area (Å²) >= 11 is 0. The van der Waals surface area contributed by atoms with E-state index in [-0.39, 0.29) is 5.82 Å². The first-order valence-corrected chi connectivity index (χ1v) is 5.60. The van der Waals surface area contributed by atoms with Crippen molar-refractivity contribution in [1.29, 1.82) is 0 Å².